The van der Waals surface area contributed by atoms with E-state index in [1.807, 2.05) is 30.1 Å². The average molecular weight is 541 g/mol. The van der Waals surface area contributed by atoms with Crippen molar-refractivity contribution in [1.82, 2.24) is 14.5 Å². The molecule has 2 N–H and O–H groups in total. The van der Waals surface area contributed by atoms with Gasteiger partial charge in [0.2, 0.25) is 11.7 Å². The summed E-state index contributed by atoms with van der Waals surface area (Å²) in [6, 6.07) is 8.87. The van der Waals surface area contributed by atoms with Crippen LogP contribution in [0.4, 0.5) is 26.2 Å². The number of nitrogens with zero attached hydrogens (tertiary/aromatic N) is 4. The Bertz CT molecular complexity index is 1690. The Kier molecular flexibility index (Phi) is 5.74. The van der Waals surface area contributed by atoms with Crippen molar-refractivity contribution >= 4 is 46.0 Å². The monoisotopic (exact) mass is 540 g/mol. The largest absolute Gasteiger partial charge is 0.452 e. The SMILES string of the molecule is Cn1cc(/C=C2\Oc3ccc(NC(=O)Nc4ccc(F)nc4)cc3C2=O)c2c(N3CC4CCC(C3)O4)ccnc21. The third-order valence-corrected chi connectivity index (χ3v) is 7.45. The number of urea groups is 1. The van der Waals surface area contributed by atoms with Crippen LogP contribution in [-0.2, 0) is 11.8 Å². The van der Waals surface area contributed by atoms with E-state index in [0.29, 0.717) is 22.7 Å². The van der Waals surface area contributed by atoms with Crippen LogP contribution in [0.3, 0.4) is 0 Å². The van der Waals surface area contributed by atoms with Gasteiger partial charge >= 0.3 is 6.03 Å². The number of rotatable bonds is 4. The molecule has 3 aromatic heterocycles. The third-order valence-electron chi connectivity index (χ3n) is 7.45. The van der Waals surface area contributed by atoms with Crippen molar-refractivity contribution in [3.05, 3.63) is 77.8 Å². The number of nitrogens with one attached hydrogen (secondary N) is 2. The van der Waals surface area contributed by atoms with Gasteiger partial charge in [0.05, 0.1) is 35.3 Å². The molecule has 4 aromatic rings. The molecular weight excluding hydrogens is 515 g/mol. The molecule has 40 heavy (non-hydrogen) atoms. The summed E-state index contributed by atoms with van der Waals surface area (Å²) in [4.78, 5) is 36.2. The van der Waals surface area contributed by atoms with Gasteiger partial charge in [0, 0.05) is 49.2 Å². The fourth-order valence-corrected chi connectivity index (χ4v) is 5.66. The number of ether oxygens (including phenoxy) is 2. The number of halogens is 1. The van der Waals surface area contributed by atoms with Crippen LogP contribution in [0.1, 0.15) is 28.8 Å². The number of allylic oxidation sites excluding steroid dienone is 1. The average Bonchev–Trinajstić information content (AvgIpc) is 3.57. The number of carbonyl (C=O) groups is 2. The van der Waals surface area contributed by atoms with Crippen LogP contribution in [0, 0.1) is 5.95 Å². The Morgan fingerprint density at radius 3 is 2.62 bits per heavy atom. The highest BCUT2D eigenvalue weighted by Crippen LogP contribution is 2.38. The van der Waals surface area contributed by atoms with Gasteiger partial charge in [-0.15, -0.1) is 0 Å². The van der Waals surface area contributed by atoms with Gasteiger partial charge in [-0.25, -0.2) is 14.8 Å². The first-order chi connectivity index (χ1) is 19.4. The minimum absolute atomic E-state index is 0.193. The van der Waals surface area contributed by atoms with E-state index in [1.54, 1.807) is 24.3 Å². The van der Waals surface area contributed by atoms with Crippen LogP contribution in [0.15, 0.2) is 60.7 Å². The summed E-state index contributed by atoms with van der Waals surface area (Å²) >= 11 is 0. The molecule has 2 atom stereocenters. The predicted molar refractivity (Wildman–Crippen MR) is 147 cm³/mol. The van der Waals surface area contributed by atoms with Crippen molar-refractivity contribution in [3.8, 4) is 5.75 Å². The first kappa shape index (κ1) is 24.3. The van der Waals surface area contributed by atoms with Gasteiger partial charge in [-0.2, -0.15) is 4.39 Å². The van der Waals surface area contributed by atoms with Gasteiger partial charge in [-0.1, -0.05) is 0 Å². The molecule has 7 rings (SSSR count). The van der Waals surface area contributed by atoms with Crippen molar-refractivity contribution in [2.75, 3.05) is 28.6 Å². The number of morpholine rings is 1. The number of Topliss-reactive ketones (excluding diaryl/α,β-unsaturated/α-hetero) is 1. The number of aryl methyl sites for hydroxylation is 1. The van der Waals surface area contributed by atoms with Gasteiger partial charge in [-0.3, -0.25) is 4.79 Å². The molecule has 0 saturated carbocycles. The summed E-state index contributed by atoms with van der Waals surface area (Å²) in [5.41, 5.74) is 3.80. The third kappa shape index (κ3) is 4.34. The molecule has 10 nitrogen and oxygen atoms in total. The first-order valence-corrected chi connectivity index (χ1v) is 13.0. The highest BCUT2D eigenvalue weighted by Gasteiger charge is 2.35. The molecule has 3 aliphatic rings. The van der Waals surface area contributed by atoms with Gasteiger partial charge < -0.3 is 29.6 Å². The van der Waals surface area contributed by atoms with Crippen molar-refractivity contribution in [3.63, 3.8) is 0 Å². The Labute approximate surface area is 228 Å². The van der Waals surface area contributed by atoms with Crippen molar-refractivity contribution in [2.45, 2.75) is 25.0 Å². The van der Waals surface area contributed by atoms with E-state index in [2.05, 4.69) is 25.5 Å². The second-order valence-corrected chi connectivity index (χ2v) is 10.2. The maximum atomic E-state index is 13.4. The van der Waals surface area contributed by atoms with E-state index in [0.717, 1.165) is 54.3 Å². The molecule has 2 saturated heterocycles. The van der Waals surface area contributed by atoms with Crippen molar-refractivity contribution in [2.24, 2.45) is 7.05 Å². The maximum absolute atomic E-state index is 13.4. The Balaban J connectivity index is 1.15. The fraction of sp³-hybridized carbons (Fsp3) is 0.241. The molecular formula is C29H25FN6O4. The zero-order valence-electron chi connectivity index (χ0n) is 21.6. The predicted octanol–water partition coefficient (Wildman–Crippen LogP) is 4.74. The normalized spacial score (nSPS) is 20.6. The lowest BCUT2D eigenvalue weighted by atomic mass is 10.1. The molecule has 3 aliphatic heterocycles. The van der Waals surface area contributed by atoms with Crippen molar-refractivity contribution in [1.29, 1.82) is 0 Å². The van der Waals surface area contributed by atoms with Crippen LogP contribution in [0.25, 0.3) is 17.1 Å². The molecule has 0 spiro atoms. The Hall–Kier alpha value is -4.77. The molecule has 1 aromatic carbocycles. The Morgan fingerprint density at radius 1 is 1.07 bits per heavy atom. The summed E-state index contributed by atoms with van der Waals surface area (Å²) in [5.74, 6) is -0.323. The summed E-state index contributed by atoms with van der Waals surface area (Å²) in [7, 11) is 1.93. The topological polar surface area (TPSA) is 111 Å². The van der Waals surface area contributed by atoms with E-state index in [-0.39, 0.29) is 23.8 Å². The number of aromatic nitrogens is 3. The highest BCUT2D eigenvalue weighted by atomic mass is 19.1. The number of hydrogen-bond donors (Lipinski definition) is 2. The number of benzene rings is 1. The zero-order valence-corrected chi connectivity index (χ0v) is 21.6. The molecule has 2 bridgehead atoms. The number of hydrogen-bond acceptors (Lipinski definition) is 7. The Morgan fingerprint density at radius 2 is 1.85 bits per heavy atom. The van der Waals surface area contributed by atoms with E-state index >= 15 is 0 Å². The maximum Gasteiger partial charge on any atom is 0.323 e. The molecule has 0 radical (unpaired) electrons. The number of fused-ring (bicyclic) bond motifs is 4. The van der Waals surface area contributed by atoms with Crippen LogP contribution < -0.4 is 20.3 Å². The first-order valence-electron chi connectivity index (χ1n) is 13.0. The summed E-state index contributed by atoms with van der Waals surface area (Å²) in [6.45, 7) is 1.64. The van der Waals surface area contributed by atoms with Crippen LogP contribution >= 0.6 is 0 Å². The van der Waals surface area contributed by atoms with Gasteiger partial charge in [0.25, 0.3) is 0 Å². The number of amides is 2. The van der Waals surface area contributed by atoms with E-state index in [4.69, 9.17) is 9.47 Å². The highest BCUT2D eigenvalue weighted by molar-refractivity contribution is 6.16. The van der Waals surface area contributed by atoms with Crippen LogP contribution in [0.5, 0.6) is 5.75 Å². The fourth-order valence-electron chi connectivity index (χ4n) is 5.66. The molecule has 0 aliphatic carbocycles. The zero-order chi connectivity index (χ0) is 27.4. The summed E-state index contributed by atoms with van der Waals surface area (Å²) < 4.78 is 27.0. The minimum Gasteiger partial charge on any atom is -0.452 e. The van der Waals surface area contributed by atoms with E-state index in [1.165, 1.54) is 12.3 Å². The lowest BCUT2D eigenvalue weighted by Crippen LogP contribution is -2.42. The molecule has 2 fully saturated rings. The minimum atomic E-state index is -0.643. The standard InChI is InChI=1S/C29H25FN6O4/c1-35-13-16(26-22(8-9-31-28(26)35)36-14-19-4-5-20(15-36)39-19)10-24-27(37)21-11-17(2-6-23(21)40-24)33-29(38)34-18-3-7-25(30)32-12-18/h2-3,6-13,19-20H,4-5,14-15H2,1H3,(H2,33,34,38)/b24-10-. The molecule has 2 unspecified atom stereocenters. The van der Waals surface area contributed by atoms with Gasteiger partial charge in [0.15, 0.2) is 5.76 Å². The summed E-state index contributed by atoms with van der Waals surface area (Å²) in [5, 5.41) is 6.21. The molecule has 11 heteroatoms. The number of ketones is 1. The number of pyridine rings is 2. The number of carbonyl (C=O) groups excluding carboxylic acids is 2. The molecule has 202 valence electrons. The molecule has 2 amide bonds. The van der Waals surface area contributed by atoms with E-state index < -0.39 is 12.0 Å². The quantitative estimate of drug-likeness (QED) is 0.284. The second kappa shape index (κ2) is 9.45. The summed E-state index contributed by atoms with van der Waals surface area (Å²) in [6.07, 6.45) is 9.35. The lowest BCUT2D eigenvalue weighted by molar-refractivity contribution is 0.0306. The van der Waals surface area contributed by atoms with E-state index in [9.17, 15) is 14.0 Å². The van der Waals surface area contributed by atoms with Crippen LogP contribution in [-0.4, -0.2) is 51.6 Å². The van der Waals surface area contributed by atoms with Gasteiger partial charge in [0.1, 0.15) is 11.4 Å². The van der Waals surface area contributed by atoms with Crippen molar-refractivity contribution < 1.29 is 23.5 Å². The smallest absolute Gasteiger partial charge is 0.323 e. The molecule has 6 heterocycles. The lowest BCUT2D eigenvalue weighted by Gasteiger charge is -2.34. The van der Waals surface area contributed by atoms with Crippen LogP contribution in [0.2, 0.25) is 0 Å². The van der Waals surface area contributed by atoms with Gasteiger partial charge in [-0.05, 0) is 55.3 Å². The second-order valence-electron chi connectivity index (χ2n) is 10.2. The number of anilines is 3.